The lowest BCUT2D eigenvalue weighted by atomic mass is 10.1. The van der Waals surface area contributed by atoms with Crippen molar-refractivity contribution in [3.05, 3.63) is 53.1 Å². The second-order valence-corrected chi connectivity index (χ2v) is 6.05. The maximum absolute atomic E-state index is 12.4. The van der Waals surface area contributed by atoms with Gasteiger partial charge in [0.1, 0.15) is 0 Å². The van der Waals surface area contributed by atoms with Crippen molar-refractivity contribution in [1.82, 2.24) is 4.90 Å². The summed E-state index contributed by atoms with van der Waals surface area (Å²) in [6.07, 6.45) is 0.149. The molecule has 7 heteroatoms. The number of nitrogens with one attached hydrogen (secondary N) is 1. The molecule has 0 saturated carbocycles. The molecule has 138 valence electrons. The van der Waals surface area contributed by atoms with Crippen LogP contribution in [0.2, 0.25) is 5.02 Å². The van der Waals surface area contributed by atoms with Crippen LogP contribution in [-0.4, -0.2) is 44.5 Å². The predicted octanol–water partition coefficient (Wildman–Crippen LogP) is 3.00. The fraction of sp³-hybridized carbons (Fsp3) is 0.263. The first-order valence-electron chi connectivity index (χ1n) is 7.94. The van der Waals surface area contributed by atoms with Crippen LogP contribution >= 0.6 is 11.6 Å². The summed E-state index contributed by atoms with van der Waals surface area (Å²) in [4.78, 5) is 25.8. The molecule has 0 bridgehead atoms. The normalized spacial score (nSPS) is 10.2. The Bertz CT molecular complexity index is 795. The van der Waals surface area contributed by atoms with Gasteiger partial charge < -0.3 is 19.7 Å². The summed E-state index contributed by atoms with van der Waals surface area (Å²) in [5.74, 6) is 0.640. The van der Waals surface area contributed by atoms with E-state index in [0.29, 0.717) is 22.2 Å². The van der Waals surface area contributed by atoms with E-state index in [1.807, 2.05) is 0 Å². The van der Waals surface area contributed by atoms with Crippen LogP contribution in [0.15, 0.2) is 42.5 Å². The SMILES string of the molecule is COc1ccc(CC(=O)N(C)CC(=O)Nc2ccccc2Cl)cc1OC. The Morgan fingerprint density at radius 2 is 1.77 bits per heavy atom. The van der Waals surface area contributed by atoms with Gasteiger partial charge in [-0.2, -0.15) is 0 Å². The molecule has 0 aromatic heterocycles. The highest BCUT2D eigenvalue weighted by molar-refractivity contribution is 6.33. The molecule has 2 aromatic rings. The van der Waals surface area contributed by atoms with Gasteiger partial charge in [-0.25, -0.2) is 0 Å². The topological polar surface area (TPSA) is 67.9 Å². The first kappa shape index (κ1) is 19.6. The first-order chi connectivity index (χ1) is 12.4. The van der Waals surface area contributed by atoms with Crippen LogP contribution in [0, 0.1) is 0 Å². The van der Waals surface area contributed by atoms with Gasteiger partial charge in [0.15, 0.2) is 11.5 Å². The molecule has 0 aliphatic carbocycles. The number of hydrogen-bond acceptors (Lipinski definition) is 4. The van der Waals surface area contributed by atoms with Crippen LogP contribution in [-0.2, 0) is 16.0 Å². The predicted molar refractivity (Wildman–Crippen MR) is 101 cm³/mol. The molecule has 0 fully saturated rings. The van der Waals surface area contributed by atoms with Crippen LogP contribution in [0.5, 0.6) is 11.5 Å². The fourth-order valence-corrected chi connectivity index (χ4v) is 2.54. The number of hydrogen-bond donors (Lipinski definition) is 1. The Balaban J connectivity index is 1.95. The maximum atomic E-state index is 12.4. The fourth-order valence-electron chi connectivity index (χ4n) is 2.36. The molecule has 0 unspecified atom stereocenters. The molecule has 0 saturated heterocycles. The largest absolute Gasteiger partial charge is 0.493 e. The van der Waals surface area contributed by atoms with E-state index < -0.39 is 0 Å². The van der Waals surface area contributed by atoms with Gasteiger partial charge in [0.25, 0.3) is 0 Å². The number of ether oxygens (including phenoxy) is 2. The second kappa shape index (κ2) is 9.10. The van der Waals surface area contributed by atoms with E-state index in [-0.39, 0.29) is 24.8 Å². The Hall–Kier alpha value is -2.73. The maximum Gasteiger partial charge on any atom is 0.244 e. The zero-order valence-corrected chi connectivity index (χ0v) is 15.7. The molecule has 2 amide bonds. The smallest absolute Gasteiger partial charge is 0.244 e. The third-order valence-corrected chi connectivity index (χ3v) is 4.09. The molecule has 2 aromatic carbocycles. The summed E-state index contributed by atoms with van der Waals surface area (Å²) in [7, 11) is 4.66. The zero-order chi connectivity index (χ0) is 19.1. The Labute approximate surface area is 157 Å². The molecule has 0 radical (unpaired) electrons. The van der Waals surface area contributed by atoms with E-state index in [0.717, 1.165) is 5.56 Å². The second-order valence-electron chi connectivity index (χ2n) is 5.64. The van der Waals surface area contributed by atoms with E-state index in [1.54, 1.807) is 56.6 Å². The van der Waals surface area contributed by atoms with Crippen LogP contribution in [0.1, 0.15) is 5.56 Å². The minimum atomic E-state index is -0.318. The molecule has 0 atom stereocenters. The quantitative estimate of drug-likeness (QED) is 0.806. The van der Waals surface area contributed by atoms with Crippen LogP contribution < -0.4 is 14.8 Å². The highest BCUT2D eigenvalue weighted by atomic mass is 35.5. The number of carbonyl (C=O) groups is 2. The van der Waals surface area contributed by atoms with E-state index in [9.17, 15) is 9.59 Å². The molecule has 1 N–H and O–H groups in total. The number of nitrogens with zero attached hydrogens (tertiary/aromatic N) is 1. The molecular weight excluding hydrogens is 356 g/mol. The molecular formula is C19H21ClN2O4. The van der Waals surface area contributed by atoms with Crippen molar-refractivity contribution >= 4 is 29.1 Å². The summed E-state index contributed by atoms with van der Waals surface area (Å²) in [6.45, 7) is -0.0721. The lowest BCUT2D eigenvalue weighted by Crippen LogP contribution is -2.35. The number of benzene rings is 2. The van der Waals surface area contributed by atoms with E-state index in [1.165, 1.54) is 12.0 Å². The summed E-state index contributed by atoms with van der Waals surface area (Å²) >= 11 is 6.01. The van der Waals surface area contributed by atoms with Gasteiger partial charge in [-0.05, 0) is 29.8 Å². The average molecular weight is 377 g/mol. The van der Waals surface area contributed by atoms with Crippen molar-refractivity contribution in [2.24, 2.45) is 0 Å². The lowest BCUT2D eigenvalue weighted by Gasteiger charge is -2.17. The third-order valence-electron chi connectivity index (χ3n) is 3.76. The van der Waals surface area contributed by atoms with Crippen molar-refractivity contribution < 1.29 is 19.1 Å². The molecule has 0 spiro atoms. The number of likely N-dealkylation sites (N-methyl/N-ethyl adjacent to an activating group) is 1. The molecule has 2 rings (SSSR count). The Morgan fingerprint density at radius 3 is 2.42 bits per heavy atom. The lowest BCUT2D eigenvalue weighted by molar-refractivity contribution is -0.132. The van der Waals surface area contributed by atoms with E-state index in [4.69, 9.17) is 21.1 Å². The molecule has 26 heavy (non-hydrogen) atoms. The number of carbonyl (C=O) groups excluding carboxylic acids is 2. The van der Waals surface area contributed by atoms with Crippen LogP contribution in [0.25, 0.3) is 0 Å². The monoisotopic (exact) mass is 376 g/mol. The van der Waals surface area contributed by atoms with Crippen molar-refractivity contribution in [2.75, 3.05) is 33.1 Å². The summed E-state index contributed by atoms with van der Waals surface area (Å²) in [5.41, 5.74) is 1.28. The number of methoxy groups -OCH3 is 2. The van der Waals surface area contributed by atoms with Gasteiger partial charge in [-0.3, -0.25) is 9.59 Å². The van der Waals surface area contributed by atoms with Gasteiger partial charge in [-0.15, -0.1) is 0 Å². The number of amides is 2. The highest BCUT2D eigenvalue weighted by Crippen LogP contribution is 2.27. The summed E-state index contributed by atoms with van der Waals surface area (Å²) in [5, 5.41) is 3.14. The Kier molecular flexibility index (Phi) is 6.86. The first-order valence-corrected chi connectivity index (χ1v) is 8.31. The van der Waals surface area contributed by atoms with Crippen molar-refractivity contribution in [3.63, 3.8) is 0 Å². The van der Waals surface area contributed by atoms with Crippen molar-refractivity contribution in [3.8, 4) is 11.5 Å². The van der Waals surface area contributed by atoms with Gasteiger partial charge in [0.2, 0.25) is 11.8 Å². The third kappa shape index (κ3) is 5.13. The number of rotatable bonds is 7. The van der Waals surface area contributed by atoms with E-state index >= 15 is 0 Å². The molecule has 0 aliphatic heterocycles. The van der Waals surface area contributed by atoms with Crippen molar-refractivity contribution in [1.29, 1.82) is 0 Å². The molecule has 0 heterocycles. The average Bonchev–Trinajstić information content (AvgIpc) is 2.63. The number of para-hydroxylation sites is 1. The number of halogens is 1. The van der Waals surface area contributed by atoms with Crippen LogP contribution in [0.4, 0.5) is 5.69 Å². The summed E-state index contributed by atoms with van der Waals surface area (Å²) in [6, 6.07) is 12.2. The van der Waals surface area contributed by atoms with E-state index in [2.05, 4.69) is 5.32 Å². The minimum absolute atomic E-state index is 0.0721. The van der Waals surface area contributed by atoms with Gasteiger partial charge >= 0.3 is 0 Å². The summed E-state index contributed by atoms with van der Waals surface area (Å²) < 4.78 is 10.4. The Morgan fingerprint density at radius 1 is 1.08 bits per heavy atom. The number of anilines is 1. The van der Waals surface area contributed by atoms with Gasteiger partial charge in [0.05, 0.1) is 37.9 Å². The zero-order valence-electron chi connectivity index (χ0n) is 14.9. The van der Waals surface area contributed by atoms with Gasteiger partial charge in [0, 0.05) is 7.05 Å². The minimum Gasteiger partial charge on any atom is -0.493 e. The van der Waals surface area contributed by atoms with Crippen molar-refractivity contribution in [2.45, 2.75) is 6.42 Å². The highest BCUT2D eigenvalue weighted by Gasteiger charge is 2.15. The van der Waals surface area contributed by atoms with Gasteiger partial charge in [-0.1, -0.05) is 29.8 Å². The standard InChI is InChI=1S/C19H21ClN2O4/c1-22(12-18(23)21-15-7-5-4-6-14(15)20)19(24)11-13-8-9-16(25-2)17(10-13)26-3/h4-10H,11-12H2,1-3H3,(H,21,23). The molecule has 6 nitrogen and oxygen atoms in total. The molecule has 0 aliphatic rings. The van der Waals surface area contributed by atoms with Crippen LogP contribution in [0.3, 0.4) is 0 Å².